The third-order valence-electron chi connectivity index (χ3n) is 4.01. The minimum atomic E-state index is -2.55. The van der Waals surface area contributed by atoms with Crippen molar-refractivity contribution in [1.29, 1.82) is 0 Å². The van der Waals surface area contributed by atoms with Gasteiger partial charge in [0.1, 0.15) is 18.3 Å². The molecule has 11 nitrogen and oxygen atoms in total. The van der Waals surface area contributed by atoms with E-state index in [1.807, 2.05) is 0 Å². The molecule has 1 heterocycles. The molecule has 0 aliphatic carbocycles. The zero-order valence-electron chi connectivity index (χ0n) is 14.9. The maximum Gasteiger partial charge on any atom is 0.345 e. The number of nitrogens with zero attached hydrogens (tertiary/aromatic N) is 3. The lowest BCUT2D eigenvalue weighted by molar-refractivity contribution is -0.368. The van der Waals surface area contributed by atoms with Gasteiger partial charge < -0.3 is 29.9 Å². The first-order valence-corrected chi connectivity index (χ1v) is 8.58. The number of aliphatic hydroxyl groups excluding tert-OH is 3. The molecule has 0 aromatic rings. The van der Waals surface area contributed by atoms with Crippen LogP contribution in [0.4, 0.5) is 4.79 Å². The zero-order valence-corrected chi connectivity index (χ0v) is 15.6. The second-order valence-corrected chi connectivity index (χ2v) is 6.70. The summed E-state index contributed by atoms with van der Waals surface area (Å²) in [7, 11) is 1.15. The molecule has 12 heteroatoms. The van der Waals surface area contributed by atoms with Gasteiger partial charge in [-0.25, -0.2) is 4.79 Å². The van der Waals surface area contributed by atoms with E-state index in [-0.39, 0.29) is 24.9 Å². The third-order valence-corrected chi connectivity index (χ3v) is 4.17. The lowest BCUT2D eigenvalue weighted by Gasteiger charge is -2.52. The molecule has 26 heavy (non-hydrogen) atoms. The topological polar surface area (TPSA) is 152 Å². The van der Waals surface area contributed by atoms with Crippen molar-refractivity contribution < 1.29 is 34.7 Å². The second-order valence-electron chi connectivity index (χ2n) is 6.32. The van der Waals surface area contributed by atoms with Crippen molar-refractivity contribution in [3.05, 3.63) is 4.91 Å². The van der Waals surface area contributed by atoms with Gasteiger partial charge in [0.2, 0.25) is 12.0 Å². The van der Waals surface area contributed by atoms with E-state index in [1.165, 1.54) is 0 Å². The Morgan fingerprint density at radius 2 is 2.04 bits per heavy atom. The van der Waals surface area contributed by atoms with Gasteiger partial charge in [-0.1, -0.05) is 13.8 Å². The van der Waals surface area contributed by atoms with E-state index in [9.17, 15) is 30.1 Å². The number of methoxy groups -OCH3 is 1. The minimum Gasteiger partial charge on any atom is -0.394 e. The molecule has 1 aliphatic rings. The molecule has 1 aliphatic heterocycles. The van der Waals surface area contributed by atoms with Crippen LogP contribution in [-0.4, -0.2) is 99.4 Å². The number of rotatable bonds is 8. The molecule has 0 spiro atoms. The number of hydrogen-bond donors (Lipinski definition) is 4. The third kappa shape index (κ3) is 4.42. The first-order valence-electron chi connectivity index (χ1n) is 8.04. The van der Waals surface area contributed by atoms with Gasteiger partial charge in [-0.3, -0.25) is 4.90 Å². The SMILES string of the molecule is COC1O[C@H](CO)[C@@H](O)[C@H](O)[C@@]1(O)N(CC(C)C)C(=O)N(CCCl)N=O. The predicted octanol–water partition coefficient (Wildman–Crippen LogP) is -0.939. The Hall–Kier alpha value is -1.08. The molecule has 1 saturated heterocycles. The van der Waals surface area contributed by atoms with Gasteiger partial charge in [-0.15, -0.1) is 16.5 Å². The highest BCUT2D eigenvalue weighted by molar-refractivity contribution is 6.18. The summed E-state index contributed by atoms with van der Waals surface area (Å²) in [5.41, 5.74) is -2.55. The molecule has 0 aromatic carbocycles. The molecule has 0 aromatic heterocycles. The van der Waals surface area contributed by atoms with Crippen LogP contribution in [0.1, 0.15) is 13.8 Å². The molecule has 5 atom stereocenters. The van der Waals surface area contributed by atoms with Crippen LogP contribution in [0.15, 0.2) is 5.29 Å². The Labute approximate surface area is 156 Å². The largest absolute Gasteiger partial charge is 0.394 e. The maximum atomic E-state index is 12.8. The van der Waals surface area contributed by atoms with E-state index >= 15 is 0 Å². The van der Waals surface area contributed by atoms with E-state index in [4.69, 9.17) is 21.1 Å². The van der Waals surface area contributed by atoms with E-state index in [1.54, 1.807) is 13.8 Å². The number of alkyl halides is 1. The number of hydrogen-bond acceptors (Lipinski definition) is 9. The Morgan fingerprint density at radius 1 is 1.42 bits per heavy atom. The Bertz CT molecular complexity index is 481. The van der Waals surface area contributed by atoms with E-state index in [0.717, 1.165) is 12.0 Å². The number of halogens is 1. The van der Waals surface area contributed by atoms with Gasteiger partial charge >= 0.3 is 6.03 Å². The molecule has 0 radical (unpaired) electrons. The molecular weight excluding hydrogens is 374 g/mol. The number of aliphatic hydroxyl groups is 4. The van der Waals surface area contributed by atoms with E-state index in [0.29, 0.717) is 5.01 Å². The summed E-state index contributed by atoms with van der Waals surface area (Å²) < 4.78 is 10.3. The van der Waals surface area contributed by atoms with Crippen LogP contribution in [0.3, 0.4) is 0 Å². The highest BCUT2D eigenvalue weighted by Gasteiger charge is 2.60. The normalized spacial score (nSPS) is 31.7. The fourth-order valence-electron chi connectivity index (χ4n) is 2.73. The summed E-state index contributed by atoms with van der Waals surface area (Å²) in [6.45, 7) is 2.45. The van der Waals surface area contributed by atoms with Gasteiger partial charge in [-0.2, -0.15) is 5.01 Å². The number of ether oxygens (including phenoxy) is 2. The van der Waals surface area contributed by atoms with Crippen LogP contribution in [0.2, 0.25) is 0 Å². The Kier molecular flexibility index (Phi) is 8.60. The lowest BCUT2D eigenvalue weighted by atomic mass is 9.91. The first kappa shape index (κ1) is 23.0. The maximum absolute atomic E-state index is 12.8. The van der Waals surface area contributed by atoms with Crippen molar-refractivity contribution in [2.24, 2.45) is 11.2 Å². The summed E-state index contributed by atoms with van der Waals surface area (Å²) >= 11 is 5.56. The van der Waals surface area contributed by atoms with Crippen LogP contribution in [0, 0.1) is 10.8 Å². The smallest absolute Gasteiger partial charge is 0.345 e. The van der Waals surface area contributed by atoms with Crippen molar-refractivity contribution in [2.45, 2.75) is 44.2 Å². The van der Waals surface area contributed by atoms with Crippen molar-refractivity contribution in [3.8, 4) is 0 Å². The monoisotopic (exact) mass is 399 g/mol. The Balaban J connectivity index is 3.35. The zero-order chi connectivity index (χ0) is 20.1. The molecule has 2 amide bonds. The minimum absolute atomic E-state index is 0.0899. The van der Waals surface area contributed by atoms with Gasteiger partial charge in [0.05, 0.1) is 18.4 Å². The standard InChI is InChI=1S/C14H26ClN3O8/c1-8(2)6-17(13(22)18(16-24)5-4-15)14(23)11(21)10(20)9(7-19)26-12(14)25-3/h8-12,19-21,23H,4-7H2,1-3H3/t9-,10-,11+,12?,14+/m1/s1. The van der Waals surface area contributed by atoms with Crippen molar-refractivity contribution in [1.82, 2.24) is 9.91 Å². The second kappa shape index (κ2) is 9.74. The van der Waals surface area contributed by atoms with Gasteiger partial charge in [0.25, 0.3) is 0 Å². The molecule has 4 N–H and O–H groups in total. The summed E-state index contributed by atoms with van der Waals surface area (Å²) in [5.74, 6) is -0.294. The fraction of sp³-hybridized carbons (Fsp3) is 0.929. The van der Waals surface area contributed by atoms with Crippen molar-refractivity contribution >= 4 is 17.6 Å². The first-order chi connectivity index (χ1) is 12.2. The average molecular weight is 400 g/mol. The number of urea groups is 1. The number of carbonyl (C=O) groups excluding carboxylic acids is 1. The summed E-state index contributed by atoms with van der Waals surface area (Å²) in [4.78, 5) is 24.5. The van der Waals surface area contributed by atoms with Crippen LogP contribution < -0.4 is 0 Å². The van der Waals surface area contributed by atoms with Crippen molar-refractivity contribution in [2.75, 3.05) is 32.7 Å². The predicted molar refractivity (Wildman–Crippen MR) is 89.9 cm³/mol. The quantitative estimate of drug-likeness (QED) is 0.176. The fourth-order valence-corrected chi connectivity index (χ4v) is 2.89. The van der Waals surface area contributed by atoms with Crippen LogP contribution in [0.5, 0.6) is 0 Å². The van der Waals surface area contributed by atoms with Crippen LogP contribution in [0.25, 0.3) is 0 Å². The van der Waals surface area contributed by atoms with Crippen LogP contribution in [-0.2, 0) is 9.47 Å². The molecule has 1 fully saturated rings. The number of carbonyl (C=O) groups is 1. The van der Waals surface area contributed by atoms with E-state index in [2.05, 4.69) is 5.29 Å². The molecule has 0 saturated carbocycles. The number of nitroso groups, excluding NO2 is 1. The van der Waals surface area contributed by atoms with Gasteiger partial charge in [-0.05, 0) is 5.92 Å². The summed E-state index contributed by atoms with van der Waals surface area (Å²) in [6.07, 6.45) is -6.52. The highest BCUT2D eigenvalue weighted by atomic mass is 35.5. The summed E-state index contributed by atoms with van der Waals surface area (Å²) in [5, 5.41) is 44.1. The van der Waals surface area contributed by atoms with Gasteiger partial charge in [0, 0.05) is 19.5 Å². The Morgan fingerprint density at radius 3 is 2.46 bits per heavy atom. The highest BCUT2D eigenvalue weighted by Crippen LogP contribution is 2.35. The number of amides is 2. The molecule has 0 bridgehead atoms. The van der Waals surface area contributed by atoms with E-state index < -0.39 is 43.0 Å². The molecule has 1 unspecified atom stereocenters. The molecule has 1 rings (SSSR count). The molecule has 152 valence electrons. The van der Waals surface area contributed by atoms with Gasteiger partial charge in [0.15, 0.2) is 0 Å². The lowest BCUT2D eigenvalue weighted by Crippen LogP contribution is -2.75. The molecular formula is C14H26ClN3O8. The van der Waals surface area contributed by atoms with Crippen molar-refractivity contribution in [3.63, 3.8) is 0 Å². The summed E-state index contributed by atoms with van der Waals surface area (Å²) in [6, 6.07) is -1.05. The average Bonchev–Trinajstić information content (AvgIpc) is 2.61. The van der Waals surface area contributed by atoms with Crippen LogP contribution >= 0.6 is 11.6 Å².